The van der Waals surface area contributed by atoms with Gasteiger partial charge in [-0.15, -0.1) is 12.3 Å². The summed E-state index contributed by atoms with van der Waals surface area (Å²) in [6.07, 6.45) is 14.8. The second-order valence-electron chi connectivity index (χ2n) is 8.64. The van der Waals surface area contributed by atoms with E-state index in [2.05, 4.69) is 24.2 Å². The largest absolute Gasteiger partial charge is 0.368 e. The zero-order chi connectivity index (χ0) is 24.7. The van der Waals surface area contributed by atoms with Gasteiger partial charge in [-0.25, -0.2) is 0 Å². The fourth-order valence-electron chi connectivity index (χ4n) is 3.49. The Balaban J connectivity index is 4.40. The highest BCUT2D eigenvalue weighted by Gasteiger charge is 2.30. The molecular weight excluding hydrogens is 426 g/mol. The van der Waals surface area contributed by atoms with Crippen LogP contribution in [-0.2, 0) is 14.4 Å². The van der Waals surface area contributed by atoms with Crippen LogP contribution in [-0.4, -0.2) is 41.8 Å². The number of carbonyl (C=O) groups is 3. The average Bonchev–Trinajstić information content (AvgIpc) is 2.72. The highest BCUT2D eigenvalue weighted by Crippen LogP contribution is 2.19. The number of terminal acetylenes is 1. The summed E-state index contributed by atoms with van der Waals surface area (Å²) in [5.41, 5.74) is 8.28. The number of nitrogens with one attached hydrogen (secondary N) is 1. The molecule has 0 saturated heterocycles. The van der Waals surface area contributed by atoms with E-state index >= 15 is 0 Å². The topological polar surface area (TPSA) is 92.5 Å². The quantitative estimate of drug-likeness (QED) is 0.216. The van der Waals surface area contributed by atoms with Crippen LogP contribution in [0.4, 0.5) is 0 Å². The highest BCUT2D eigenvalue weighted by molar-refractivity contribution is 6.25. The highest BCUT2D eigenvalue weighted by atomic mass is 35.5. The maximum Gasteiger partial charge on any atom is 0.245 e. The number of primary amides is 1. The summed E-state index contributed by atoms with van der Waals surface area (Å²) in [5, 5.41) is 2.70. The molecule has 7 heteroatoms. The van der Waals surface area contributed by atoms with E-state index in [1.165, 1.54) is 17.5 Å². The van der Waals surface area contributed by atoms with Crippen LogP contribution < -0.4 is 11.1 Å². The fourth-order valence-corrected chi connectivity index (χ4v) is 3.71. The van der Waals surface area contributed by atoms with E-state index in [4.69, 9.17) is 23.8 Å². The first-order valence-electron chi connectivity index (χ1n) is 11.3. The summed E-state index contributed by atoms with van der Waals surface area (Å²) in [4.78, 5) is 37.7. The van der Waals surface area contributed by atoms with Gasteiger partial charge in [0.2, 0.25) is 17.7 Å². The van der Waals surface area contributed by atoms with Crippen LogP contribution in [0.25, 0.3) is 0 Å². The number of halogens is 1. The van der Waals surface area contributed by atoms with Gasteiger partial charge in [0.25, 0.3) is 0 Å². The molecule has 0 bridgehead atoms. The molecular formula is C25H40ClN3O3. The molecule has 0 aromatic heterocycles. The number of allylic oxidation sites excluding steroid dienone is 3. The van der Waals surface area contributed by atoms with E-state index in [9.17, 15) is 14.4 Å². The number of hydrogen-bond donors (Lipinski definition) is 2. The molecule has 0 heterocycles. The Morgan fingerprint density at radius 2 is 1.81 bits per heavy atom. The van der Waals surface area contributed by atoms with Crippen molar-refractivity contribution in [3.05, 3.63) is 23.3 Å². The molecule has 0 fully saturated rings. The van der Waals surface area contributed by atoms with Crippen LogP contribution in [0.2, 0.25) is 0 Å². The lowest BCUT2D eigenvalue weighted by molar-refractivity contribution is -0.141. The molecule has 0 spiro atoms. The predicted molar refractivity (Wildman–Crippen MR) is 132 cm³/mol. The Hall–Kier alpha value is -2.26. The molecule has 3 amide bonds. The molecule has 0 aliphatic heterocycles. The number of hydrogen-bond acceptors (Lipinski definition) is 3. The Morgan fingerprint density at radius 3 is 2.34 bits per heavy atom. The number of likely N-dealkylation sites (N-methyl/N-ethyl adjacent to an activating group) is 1. The lowest BCUT2D eigenvalue weighted by atomic mass is 9.98. The minimum Gasteiger partial charge on any atom is -0.368 e. The molecule has 0 unspecified atom stereocenters. The SMILES string of the molecule is C#CCCCC(=CCl)CC[C@@H](C)C=CCCC(=O)N[C@H](C)C(=O)N(C)[C@H](C(N)=O)C(C)C. The van der Waals surface area contributed by atoms with E-state index in [1.807, 2.05) is 19.9 Å². The van der Waals surface area contributed by atoms with E-state index in [0.717, 1.165) is 32.1 Å². The van der Waals surface area contributed by atoms with E-state index in [-0.39, 0.29) is 24.2 Å². The Bertz CT molecular complexity index is 710. The van der Waals surface area contributed by atoms with Crippen molar-refractivity contribution in [2.24, 2.45) is 17.6 Å². The van der Waals surface area contributed by atoms with Gasteiger partial charge in [0.1, 0.15) is 12.1 Å². The van der Waals surface area contributed by atoms with E-state index < -0.39 is 18.0 Å². The zero-order valence-electron chi connectivity index (χ0n) is 20.2. The molecule has 3 N–H and O–H groups in total. The standard InChI is InChI=1S/C25H40ClN3O3/c1-7-8-9-13-21(17-26)16-15-19(4)12-10-11-14-22(30)28-20(5)25(32)29(6)23(18(2)3)24(27)31/h1,10,12,17-20,23H,8-9,11,13-16H2,2-6H3,(H2,27,31)(H,28,30)/t19-,20+,23-/m0/s1. The lowest BCUT2D eigenvalue weighted by Gasteiger charge is -2.30. The first-order valence-corrected chi connectivity index (χ1v) is 11.7. The zero-order valence-corrected chi connectivity index (χ0v) is 21.0. The van der Waals surface area contributed by atoms with Crippen molar-refractivity contribution in [3.8, 4) is 12.3 Å². The smallest absolute Gasteiger partial charge is 0.245 e. The Labute approximate surface area is 199 Å². The number of unbranched alkanes of at least 4 members (excludes halogenated alkanes) is 1. The molecule has 0 radical (unpaired) electrons. The number of nitrogens with zero attached hydrogens (tertiary/aromatic N) is 1. The van der Waals surface area contributed by atoms with E-state index in [1.54, 1.807) is 12.5 Å². The summed E-state index contributed by atoms with van der Waals surface area (Å²) in [6, 6.07) is -1.44. The summed E-state index contributed by atoms with van der Waals surface area (Å²) < 4.78 is 0. The molecule has 0 aromatic rings. The average molecular weight is 466 g/mol. The minimum atomic E-state index is -0.730. The predicted octanol–water partition coefficient (Wildman–Crippen LogP) is 4.14. The van der Waals surface area contributed by atoms with Gasteiger partial charge >= 0.3 is 0 Å². The van der Waals surface area contributed by atoms with Crippen molar-refractivity contribution < 1.29 is 14.4 Å². The van der Waals surface area contributed by atoms with Gasteiger partial charge in [-0.05, 0) is 50.9 Å². The van der Waals surface area contributed by atoms with E-state index in [0.29, 0.717) is 12.3 Å². The van der Waals surface area contributed by atoms with Crippen LogP contribution in [0.15, 0.2) is 23.3 Å². The van der Waals surface area contributed by atoms with Crippen molar-refractivity contribution in [2.75, 3.05) is 7.05 Å². The van der Waals surface area contributed by atoms with Crippen molar-refractivity contribution >= 4 is 29.3 Å². The Morgan fingerprint density at radius 1 is 1.16 bits per heavy atom. The summed E-state index contributed by atoms with van der Waals surface area (Å²) in [7, 11) is 1.53. The van der Waals surface area contributed by atoms with Gasteiger partial charge < -0.3 is 16.0 Å². The van der Waals surface area contributed by atoms with Crippen LogP contribution in [0.3, 0.4) is 0 Å². The summed E-state index contributed by atoms with van der Waals surface area (Å²) >= 11 is 5.90. The fraction of sp³-hybridized carbons (Fsp3) is 0.640. The Kier molecular flexibility index (Phi) is 15.2. The normalized spacial score (nSPS) is 14.6. The van der Waals surface area contributed by atoms with Crippen molar-refractivity contribution in [2.45, 2.75) is 84.7 Å². The third kappa shape index (κ3) is 12.0. The number of amides is 3. The van der Waals surface area contributed by atoms with Crippen molar-refractivity contribution in [1.82, 2.24) is 10.2 Å². The second kappa shape index (κ2) is 16.4. The van der Waals surface area contributed by atoms with Crippen LogP contribution in [0.5, 0.6) is 0 Å². The van der Waals surface area contributed by atoms with Gasteiger partial charge in [-0.3, -0.25) is 14.4 Å². The van der Waals surface area contributed by atoms with Gasteiger partial charge in [-0.1, -0.05) is 50.1 Å². The van der Waals surface area contributed by atoms with Gasteiger partial charge in [0.15, 0.2) is 0 Å². The van der Waals surface area contributed by atoms with Gasteiger partial charge in [0.05, 0.1) is 0 Å². The maximum absolute atomic E-state index is 12.5. The minimum absolute atomic E-state index is 0.115. The van der Waals surface area contributed by atoms with Crippen molar-refractivity contribution in [1.29, 1.82) is 0 Å². The number of nitrogens with two attached hydrogens (primary N) is 1. The second-order valence-corrected chi connectivity index (χ2v) is 8.86. The van der Waals surface area contributed by atoms with Crippen LogP contribution >= 0.6 is 11.6 Å². The third-order valence-corrected chi connectivity index (χ3v) is 5.64. The van der Waals surface area contributed by atoms with Crippen LogP contribution in [0, 0.1) is 24.2 Å². The van der Waals surface area contributed by atoms with Gasteiger partial charge in [0, 0.05) is 25.4 Å². The summed E-state index contributed by atoms with van der Waals surface area (Å²) in [5.74, 6) is 1.78. The monoisotopic (exact) mass is 465 g/mol. The molecule has 180 valence electrons. The first-order chi connectivity index (χ1) is 15.0. The molecule has 0 aromatic carbocycles. The molecule has 0 aliphatic carbocycles. The lowest BCUT2D eigenvalue weighted by Crippen LogP contribution is -2.54. The third-order valence-electron chi connectivity index (χ3n) is 5.33. The van der Waals surface area contributed by atoms with Crippen LogP contribution in [0.1, 0.15) is 72.6 Å². The molecule has 32 heavy (non-hydrogen) atoms. The molecule has 3 atom stereocenters. The maximum atomic E-state index is 12.5. The molecule has 0 aliphatic rings. The molecule has 6 nitrogen and oxygen atoms in total. The number of rotatable bonds is 15. The molecule has 0 rings (SSSR count). The van der Waals surface area contributed by atoms with Crippen molar-refractivity contribution in [3.63, 3.8) is 0 Å². The first kappa shape index (κ1) is 29.7. The number of carbonyl (C=O) groups excluding carboxylic acids is 3. The molecule has 0 saturated carbocycles. The summed E-state index contributed by atoms with van der Waals surface area (Å²) in [6.45, 7) is 7.38. The van der Waals surface area contributed by atoms with Gasteiger partial charge in [-0.2, -0.15) is 0 Å².